The third-order valence-electron chi connectivity index (χ3n) is 11.7. The van der Waals surface area contributed by atoms with Crippen LogP contribution in [0.2, 0.25) is 0 Å². The highest BCUT2D eigenvalue weighted by Gasteiger charge is 2.40. The maximum absolute atomic E-state index is 14.8. The molecule has 3 aromatic carbocycles. The number of nitrogens with two attached hydrogens (primary N) is 1. The molecule has 0 bridgehead atoms. The molecule has 7 N–H and O–H groups in total. The van der Waals surface area contributed by atoms with Crippen molar-refractivity contribution in [2.75, 3.05) is 27.7 Å². The van der Waals surface area contributed by atoms with Crippen LogP contribution >= 0.6 is 0 Å². The number of aromatic hydroxyl groups is 1. The van der Waals surface area contributed by atoms with Crippen molar-refractivity contribution >= 4 is 46.3 Å². The quantitative estimate of drug-likeness (QED) is 0.124. The van der Waals surface area contributed by atoms with Crippen LogP contribution in [0.3, 0.4) is 0 Å². The summed E-state index contributed by atoms with van der Waals surface area (Å²) in [5.74, 6) is -3.91. The number of likely N-dealkylation sites (N-methyl/N-ethyl adjacent to an activating group) is 3. The first-order chi connectivity index (χ1) is 29.1. The molecule has 1 saturated heterocycles. The first kappa shape index (κ1) is 45.9. The highest BCUT2D eigenvalue weighted by molar-refractivity contribution is 5.98. The molecule has 1 aliphatic rings. The second-order valence-electron chi connectivity index (χ2n) is 16.3. The number of nitrogens with one attached hydrogen (secondary N) is 4. The van der Waals surface area contributed by atoms with Gasteiger partial charge in [-0.15, -0.1) is 0 Å². The van der Waals surface area contributed by atoms with Crippen molar-refractivity contribution < 1.29 is 33.9 Å². The van der Waals surface area contributed by atoms with Gasteiger partial charge >= 0.3 is 0 Å². The summed E-state index contributed by atoms with van der Waals surface area (Å²) in [6.45, 7) is 5.47. The number of hydrogen-bond donors (Lipinski definition) is 6. The zero-order valence-corrected chi connectivity index (χ0v) is 35.9. The zero-order valence-electron chi connectivity index (χ0n) is 35.9. The third-order valence-corrected chi connectivity index (χ3v) is 11.7. The summed E-state index contributed by atoms with van der Waals surface area (Å²) in [4.78, 5) is 94.3. The highest BCUT2D eigenvalue weighted by atomic mass is 16.3. The molecule has 1 fully saturated rings. The lowest BCUT2D eigenvalue weighted by Crippen LogP contribution is -2.62. The predicted molar refractivity (Wildman–Crippen MR) is 233 cm³/mol. The molecule has 0 radical (unpaired) electrons. The molecule has 0 spiro atoms. The van der Waals surface area contributed by atoms with E-state index < -0.39 is 77.6 Å². The van der Waals surface area contributed by atoms with Gasteiger partial charge in [-0.1, -0.05) is 74.5 Å². The Kier molecular flexibility index (Phi) is 15.7. The van der Waals surface area contributed by atoms with Crippen LogP contribution in [-0.4, -0.2) is 124 Å². The van der Waals surface area contributed by atoms with E-state index in [4.69, 9.17) is 5.73 Å². The minimum atomic E-state index is -1.25. The lowest BCUT2D eigenvalue weighted by Gasteiger charge is -2.37. The van der Waals surface area contributed by atoms with E-state index in [-0.39, 0.29) is 31.4 Å². The van der Waals surface area contributed by atoms with E-state index in [1.54, 1.807) is 32.2 Å². The van der Waals surface area contributed by atoms with E-state index >= 15 is 0 Å². The molecule has 326 valence electrons. The number of phenols is 1. The van der Waals surface area contributed by atoms with Crippen molar-refractivity contribution in [2.24, 2.45) is 11.7 Å². The number of rotatable bonds is 11. The topological polar surface area (TPSA) is 210 Å². The first-order valence-electron chi connectivity index (χ1n) is 20.9. The largest absolute Gasteiger partial charge is 0.508 e. The van der Waals surface area contributed by atoms with Crippen LogP contribution in [0, 0.1) is 5.92 Å². The lowest BCUT2D eigenvalue weighted by molar-refractivity contribution is -0.150. The van der Waals surface area contributed by atoms with Gasteiger partial charge in [0.25, 0.3) is 0 Å². The average molecular weight is 837 g/mol. The Morgan fingerprint density at radius 3 is 1.93 bits per heavy atom. The molecule has 0 aliphatic carbocycles. The number of aromatic amines is 1. The summed E-state index contributed by atoms with van der Waals surface area (Å²) in [6.07, 6.45) is 3.17. The Labute approximate surface area is 357 Å². The van der Waals surface area contributed by atoms with Crippen molar-refractivity contribution in [3.8, 4) is 5.75 Å². The molecular formula is C46H60N8O7. The fourth-order valence-electron chi connectivity index (χ4n) is 7.71. The minimum Gasteiger partial charge on any atom is -0.508 e. The number of amides is 6. The molecule has 6 amide bonds. The summed E-state index contributed by atoms with van der Waals surface area (Å²) in [7, 11) is 4.48. The number of unbranched alkanes of at least 4 members (excludes halogenated alkanes) is 1. The number of aromatic nitrogens is 1. The van der Waals surface area contributed by atoms with Gasteiger partial charge < -0.3 is 46.5 Å². The Hall–Kier alpha value is -6.22. The average Bonchev–Trinajstić information content (AvgIpc) is 3.66. The van der Waals surface area contributed by atoms with Gasteiger partial charge in [-0.05, 0) is 73.5 Å². The van der Waals surface area contributed by atoms with Crippen molar-refractivity contribution in [1.29, 1.82) is 0 Å². The number of carbonyl (C=O) groups is 6. The number of nitrogens with zero attached hydrogens (tertiary/aromatic N) is 3. The maximum Gasteiger partial charge on any atom is 0.246 e. The molecule has 15 heteroatoms. The molecule has 1 aromatic heterocycles. The maximum atomic E-state index is 14.8. The zero-order chi connectivity index (χ0) is 44.4. The van der Waals surface area contributed by atoms with Gasteiger partial charge in [0.2, 0.25) is 35.4 Å². The summed E-state index contributed by atoms with van der Waals surface area (Å²) in [5.41, 5.74) is 8.78. The van der Waals surface area contributed by atoms with Gasteiger partial charge in [-0.2, -0.15) is 0 Å². The summed E-state index contributed by atoms with van der Waals surface area (Å²) < 4.78 is 0. The van der Waals surface area contributed by atoms with Crippen LogP contribution in [0.25, 0.3) is 10.9 Å². The summed E-state index contributed by atoms with van der Waals surface area (Å²) in [6, 6.07) is 16.1. The fraction of sp³-hybridized carbons (Fsp3) is 0.435. The predicted octanol–water partition coefficient (Wildman–Crippen LogP) is 2.66. The molecule has 15 nitrogen and oxygen atoms in total. The minimum absolute atomic E-state index is 0.0152. The van der Waals surface area contributed by atoms with Crippen molar-refractivity contribution in [1.82, 2.24) is 35.6 Å². The lowest BCUT2D eigenvalue weighted by atomic mass is 9.97. The Morgan fingerprint density at radius 1 is 0.639 bits per heavy atom. The van der Waals surface area contributed by atoms with Crippen LogP contribution in [0.1, 0.15) is 56.7 Å². The highest BCUT2D eigenvalue weighted by Crippen LogP contribution is 2.22. The second-order valence-corrected chi connectivity index (χ2v) is 16.3. The number of phenolic OH excluding ortho intramolecular Hbond substituents is 1. The normalized spacial score (nSPS) is 22.9. The first-order valence-corrected chi connectivity index (χ1v) is 20.9. The van der Waals surface area contributed by atoms with E-state index in [2.05, 4.69) is 20.9 Å². The standard InChI is InChI=1S/C46H60N8O7/c1-28(2)40-46(61)54(6)39(25-30-14-8-7-9-15-30)45(60)52(4)29(3)41(56)49-36(24-31-19-21-33(55)22-20-31)42(57)50-37(26-32-27-48-35-17-11-10-16-34(32)35)44(59)53(5)38(43(58)51-40)18-12-13-23-47/h7-11,14-17,19-22,27-29,36-40,48,55H,12-13,18,23-26,47H2,1-6H3,(H,49,56)(H,50,57)(H,51,58)/t29-,36-,37+,38-,39-,40-/m0/s1. The van der Waals surface area contributed by atoms with E-state index in [1.807, 2.05) is 54.6 Å². The van der Waals surface area contributed by atoms with Crippen LogP contribution in [0.5, 0.6) is 5.75 Å². The van der Waals surface area contributed by atoms with Gasteiger partial charge in [-0.3, -0.25) is 28.8 Å². The van der Waals surface area contributed by atoms with Gasteiger partial charge in [0, 0.05) is 57.5 Å². The summed E-state index contributed by atoms with van der Waals surface area (Å²) >= 11 is 0. The van der Waals surface area contributed by atoms with Crippen molar-refractivity contribution in [3.63, 3.8) is 0 Å². The Morgan fingerprint density at radius 2 is 1.26 bits per heavy atom. The molecule has 61 heavy (non-hydrogen) atoms. The van der Waals surface area contributed by atoms with Crippen LogP contribution < -0.4 is 21.7 Å². The van der Waals surface area contributed by atoms with E-state index in [9.17, 15) is 33.9 Å². The second kappa shape index (κ2) is 20.8. The summed E-state index contributed by atoms with van der Waals surface area (Å²) in [5, 5.41) is 19.5. The van der Waals surface area contributed by atoms with Crippen molar-refractivity contribution in [3.05, 3.63) is 102 Å². The van der Waals surface area contributed by atoms with Gasteiger partial charge in [0.05, 0.1) is 0 Å². The molecule has 0 saturated carbocycles. The molecule has 4 aromatic rings. The van der Waals surface area contributed by atoms with Crippen LogP contribution in [0.4, 0.5) is 0 Å². The number of carbonyl (C=O) groups excluding carboxylic acids is 6. The number of H-pyrrole nitrogens is 1. The van der Waals surface area contributed by atoms with E-state index in [0.29, 0.717) is 24.9 Å². The molecule has 1 aliphatic heterocycles. The smallest absolute Gasteiger partial charge is 0.246 e. The van der Waals surface area contributed by atoms with E-state index in [0.717, 1.165) is 22.0 Å². The fourth-order valence-corrected chi connectivity index (χ4v) is 7.71. The van der Waals surface area contributed by atoms with Gasteiger partial charge in [-0.25, -0.2) is 0 Å². The Bertz CT molecular complexity index is 2160. The van der Waals surface area contributed by atoms with Gasteiger partial charge in [0.1, 0.15) is 42.0 Å². The Balaban J connectivity index is 1.62. The van der Waals surface area contributed by atoms with E-state index in [1.165, 1.54) is 54.9 Å². The molecular weight excluding hydrogens is 777 g/mol. The molecule has 2 heterocycles. The SMILES string of the molecule is CC(C)[C@@H]1NC(=O)[C@H](CCCCN)N(C)C(=O)[C@@H](Cc2c[nH]c3ccccc23)NC(=O)[C@H](Cc2ccc(O)cc2)NC(=O)[C@H](C)N(C)C(=O)[C@H](Cc2ccccc2)N(C)C1=O. The van der Waals surface area contributed by atoms with Crippen molar-refractivity contribution in [2.45, 2.75) is 95.5 Å². The number of hydrogen-bond acceptors (Lipinski definition) is 8. The number of benzene rings is 3. The number of fused-ring (bicyclic) bond motifs is 1. The van der Waals surface area contributed by atoms with Crippen LogP contribution in [0.15, 0.2) is 85.1 Å². The molecule has 5 rings (SSSR count). The monoisotopic (exact) mass is 836 g/mol. The third kappa shape index (κ3) is 11.3. The molecule has 0 unspecified atom stereocenters. The number of para-hydroxylation sites is 1. The van der Waals surface area contributed by atoms with Gasteiger partial charge in [0.15, 0.2) is 0 Å². The molecule has 6 atom stereocenters. The van der Waals surface area contributed by atoms with Crippen LogP contribution in [-0.2, 0) is 48.0 Å².